The minimum atomic E-state index is -0.593. The topological polar surface area (TPSA) is 43.1 Å². The van der Waals surface area contributed by atoms with Gasteiger partial charge in [0, 0.05) is 16.2 Å². The van der Waals surface area contributed by atoms with Crippen molar-refractivity contribution in [2.45, 2.75) is 30.7 Å². The number of Topliss-reactive ketones (excluding diaryl/α,β-unsaturated/α-hetero) is 1. The Hall–Kier alpha value is -1.00. The van der Waals surface area contributed by atoms with Gasteiger partial charge in [-0.25, -0.2) is 0 Å². The second kappa shape index (κ2) is 8.74. The maximum Gasteiger partial charge on any atom is 0.180 e. The number of hydrogen-bond donors (Lipinski definition) is 1. The average molecular weight is 368 g/mol. The molecule has 2 nitrogen and oxygen atoms in total. The Morgan fingerprint density at radius 2 is 1.78 bits per heavy atom. The molecule has 0 bridgehead atoms. The van der Waals surface area contributed by atoms with E-state index in [2.05, 4.69) is 6.92 Å². The summed E-state index contributed by atoms with van der Waals surface area (Å²) in [5, 5.41) is 1.23. The van der Waals surface area contributed by atoms with Crippen molar-refractivity contribution in [1.29, 1.82) is 0 Å². The molecule has 0 radical (unpaired) electrons. The van der Waals surface area contributed by atoms with Gasteiger partial charge in [0.05, 0.1) is 16.1 Å². The standard InChI is InChI=1S/C18H19Cl2NOS/c1-2-6-12-9-14(19)18(15(20)10-12)23-11-16(21)17(22)13-7-4-3-5-8-13/h3-5,7-10,16H,2,6,11,21H2,1H3. The number of aryl methyl sites for hydroxylation is 1. The van der Waals surface area contributed by atoms with E-state index in [1.165, 1.54) is 11.8 Å². The molecule has 122 valence electrons. The number of carbonyl (C=O) groups is 1. The molecular weight excluding hydrogens is 349 g/mol. The van der Waals surface area contributed by atoms with Crippen LogP contribution in [0.3, 0.4) is 0 Å². The van der Waals surface area contributed by atoms with Crippen LogP contribution in [0.5, 0.6) is 0 Å². The zero-order chi connectivity index (χ0) is 16.8. The van der Waals surface area contributed by atoms with Crippen molar-refractivity contribution in [3.05, 3.63) is 63.6 Å². The van der Waals surface area contributed by atoms with Gasteiger partial charge in [-0.1, -0.05) is 66.9 Å². The number of ketones is 1. The zero-order valence-corrected chi connectivity index (χ0v) is 15.2. The van der Waals surface area contributed by atoms with Crippen LogP contribution in [0.15, 0.2) is 47.4 Å². The molecule has 0 spiro atoms. The summed E-state index contributed by atoms with van der Waals surface area (Å²) in [6.07, 6.45) is 1.98. The second-order valence-corrected chi connectivity index (χ2v) is 7.13. The third-order valence-corrected chi connectivity index (χ3v) is 5.47. The van der Waals surface area contributed by atoms with Gasteiger partial charge in [0.15, 0.2) is 5.78 Å². The molecule has 2 aromatic carbocycles. The van der Waals surface area contributed by atoms with Gasteiger partial charge in [-0.3, -0.25) is 4.79 Å². The van der Waals surface area contributed by atoms with Crippen molar-refractivity contribution in [3.8, 4) is 0 Å². The number of halogens is 2. The van der Waals surface area contributed by atoms with E-state index >= 15 is 0 Å². The Morgan fingerprint density at radius 1 is 1.17 bits per heavy atom. The number of thioether (sulfide) groups is 1. The lowest BCUT2D eigenvalue weighted by Crippen LogP contribution is -2.32. The molecule has 0 aliphatic heterocycles. The summed E-state index contributed by atoms with van der Waals surface area (Å²) >= 11 is 14.1. The van der Waals surface area contributed by atoms with E-state index in [9.17, 15) is 4.79 Å². The van der Waals surface area contributed by atoms with Crippen molar-refractivity contribution < 1.29 is 4.79 Å². The lowest BCUT2D eigenvalue weighted by atomic mass is 10.1. The van der Waals surface area contributed by atoms with E-state index in [4.69, 9.17) is 28.9 Å². The summed E-state index contributed by atoms with van der Waals surface area (Å²) in [7, 11) is 0. The fourth-order valence-corrected chi connectivity index (χ4v) is 4.00. The zero-order valence-electron chi connectivity index (χ0n) is 12.9. The predicted molar refractivity (Wildman–Crippen MR) is 99.9 cm³/mol. The van der Waals surface area contributed by atoms with Crippen LogP contribution in [-0.4, -0.2) is 17.6 Å². The van der Waals surface area contributed by atoms with Gasteiger partial charge >= 0.3 is 0 Å². The van der Waals surface area contributed by atoms with Crippen molar-refractivity contribution >= 4 is 40.7 Å². The van der Waals surface area contributed by atoms with Gasteiger partial charge in [0.25, 0.3) is 0 Å². The van der Waals surface area contributed by atoms with Crippen LogP contribution in [-0.2, 0) is 6.42 Å². The summed E-state index contributed by atoms with van der Waals surface area (Å²) in [4.78, 5) is 13.1. The summed E-state index contributed by atoms with van der Waals surface area (Å²) in [5.41, 5.74) is 7.76. The molecule has 0 aliphatic carbocycles. The highest BCUT2D eigenvalue weighted by Crippen LogP contribution is 2.36. The van der Waals surface area contributed by atoms with E-state index in [0.717, 1.165) is 23.3 Å². The van der Waals surface area contributed by atoms with Gasteiger partial charge in [0.2, 0.25) is 0 Å². The van der Waals surface area contributed by atoms with Crippen molar-refractivity contribution in [1.82, 2.24) is 0 Å². The van der Waals surface area contributed by atoms with Gasteiger partial charge in [-0.2, -0.15) is 0 Å². The van der Waals surface area contributed by atoms with Crippen LogP contribution < -0.4 is 5.73 Å². The average Bonchev–Trinajstić information content (AvgIpc) is 2.54. The number of benzene rings is 2. The monoisotopic (exact) mass is 367 g/mol. The largest absolute Gasteiger partial charge is 0.321 e. The van der Waals surface area contributed by atoms with Crippen LogP contribution in [0.25, 0.3) is 0 Å². The van der Waals surface area contributed by atoms with E-state index in [1.807, 2.05) is 30.3 Å². The van der Waals surface area contributed by atoms with Crippen molar-refractivity contribution in [2.24, 2.45) is 5.73 Å². The lowest BCUT2D eigenvalue weighted by Gasteiger charge is -2.13. The third kappa shape index (κ3) is 4.98. The van der Waals surface area contributed by atoms with Gasteiger partial charge < -0.3 is 5.73 Å². The van der Waals surface area contributed by atoms with Gasteiger partial charge in [-0.15, -0.1) is 11.8 Å². The first-order valence-corrected chi connectivity index (χ1v) is 9.22. The summed E-state index contributed by atoms with van der Waals surface area (Å²) in [5.74, 6) is 0.355. The first kappa shape index (κ1) is 18.3. The van der Waals surface area contributed by atoms with E-state index in [0.29, 0.717) is 21.4 Å². The Kier molecular flexibility index (Phi) is 6.97. The Morgan fingerprint density at radius 3 is 2.35 bits per heavy atom. The number of hydrogen-bond acceptors (Lipinski definition) is 3. The van der Waals surface area contributed by atoms with Gasteiger partial charge in [0.1, 0.15) is 0 Å². The van der Waals surface area contributed by atoms with Crippen LogP contribution in [0.4, 0.5) is 0 Å². The molecule has 0 fully saturated rings. The Bertz CT molecular complexity index is 653. The molecule has 1 unspecified atom stereocenters. The minimum absolute atomic E-state index is 0.0760. The van der Waals surface area contributed by atoms with Crippen LogP contribution in [0.1, 0.15) is 29.3 Å². The van der Waals surface area contributed by atoms with Crippen LogP contribution in [0, 0.1) is 0 Å². The highest BCUT2D eigenvalue weighted by Gasteiger charge is 2.17. The molecule has 2 N–H and O–H groups in total. The first-order valence-electron chi connectivity index (χ1n) is 7.48. The maximum absolute atomic E-state index is 12.3. The van der Waals surface area contributed by atoms with E-state index < -0.39 is 6.04 Å². The number of nitrogens with two attached hydrogens (primary N) is 1. The number of rotatable bonds is 7. The van der Waals surface area contributed by atoms with Crippen molar-refractivity contribution in [2.75, 3.05) is 5.75 Å². The Labute approximate surface area is 151 Å². The summed E-state index contributed by atoms with van der Waals surface area (Å²) < 4.78 is 0. The maximum atomic E-state index is 12.3. The normalized spacial score (nSPS) is 12.2. The SMILES string of the molecule is CCCc1cc(Cl)c(SCC(N)C(=O)c2ccccc2)c(Cl)c1. The summed E-state index contributed by atoms with van der Waals surface area (Å²) in [6.45, 7) is 2.11. The molecule has 0 heterocycles. The second-order valence-electron chi connectivity index (χ2n) is 5.29. The number of carbonyl (C=O) groups excluding carboxylic acids is 1. The van der Waals surface area contributed by atoms with Crippen LogP contribution >= 0.6 is 35.0 Å². The smallest absolute Gasteiger partial charge is 0.180 e. The molecular formula is C18H19Cl2NOS. The molecule has 0 amide bonds. The van der Waals surface area contributed by atoms with Gasteiger partial charge in [-0.05, 0) is 24.1 Å². The molecule has 0 aliphatic rings. The fraction of sp³-hybridized carbons (Fsp3) is 0.278. The first-order chi connectivity index (χ1) is 11.0. The lowest BCUT2D eigenvalue weighted by molar-refractivity contribution is 0.0970. The summed E-state index contributed by atoms with van der Waals surface area (Å²) in [6, 6.07) is 12.3. The quantitative estimate of drug-likeness (QED) is 0.536. The molecule has 0 saturated heterocycles. The minimum Gasteiger partial charge on any atom is -0.321 e. The third-order valence-electron chi connectivity index (χ3n) is 3.40. The van der Waals surface area contributed by atoms with E-state index in [-0.39, 0.29) is 5.78 Å². The van der Waals surface area contributed by atoms with E-state index in [1.54, 1.807) is 12.1 Å². The highest BCUT2D eigenvalue weighted by molar-refractivity contribution is 7.99. The molecule has 0 aromatic heterocycles. The Balaban J connectivity index is 2.04. The molecule has 2 rings (SSSR count). The molecule has 5 heteroatoms. The predicted octanol–water partition coefficient (Wildman–Crippen LogP) is 5.25. The molecule has 2 aromatic rings. The van der Waals surface area contributed by atoms with Crippen LogP contribution in [0.2, 0.25) is 10.0 Å². The molecule has 1 atom stereocenters. The molecule has 23 heavy (non-hydrogen) atoms. The molecule has 0 saturated carbocycles. The fourth-order valence-electron chi connectivity index (χ4n) is 2.25. The van der Waals surface area contributed by atoms with Crippen molar-refractivity contribution in [3.63, 3.8) is 0 Å². The highest BCUT2D eigenvalue weighted by atomic mass is 35.5.